The number of hydrogen-bond donors (Lipinski definition) is 2. The number of aromatic nitrogens is 3. The lowest BCUT2D eigenvalue weighted by Crippen LogP contribution is -2.34. The van der Waals surface area contributed by atoms with E-state index in [0.717, 1.165) is 11.3 Å². The summed E-state index contributed by atoms with van der Waals surface area (Å²) in [5.41, 5.74) is 2.08. The summed E-state index contributed by atoms with van der Waals surface area (Å²) in [5, 5.41) is 10.2. The highest BCUT2D eigenvalue weighted by Gasteiger charge is 2.19. The van der Waals surface area contributed by atoms with Gasteiger partial charge in [-0.1, -0.05) is 18.2 Å². The molecular formula is C23H27N5O3. The van der Waals surface area contributed by atoms with Crippen molar-refractivity contribution in [3.63, 3.8) is 0 Å². The molecule has 8 heteroatoms. The van der Waals surface area contributed by atoms with Gasteiger partial charge in [-0.25, -0.2) is 9.48 Å². The maximum Gasteiger partial charge on any atom is 0.407 e. The highest BCUT2D eigenvalue weighted by molar-refractivity contribution is 5.99. The zero-order valence-electron chi connectivity index (χ0n) is 18.0. The first-order valence-electron chi connectivity index (χ1n) is 10.1. The predicted octanol–water partition coefficient (Wildman–Crippen LogP) is 3.58. The van der Waals surface area contributed by atoms with Crippen molar-refractivity contribution in [3.8, 4) is 16.9 Å². The Bertz CT molecular complexity index is 1010. The van der Waals surface area contributed by atoms with E-state index in [1.54, 1.807) is 29.3 Å². The van der Waals surface area contributed by atoms with E-state index in [2.05, 4.69) is 20.7 Å². The van der Waals surface area contributed by atoms with E-state index in [9.17, 15) is 9.59 Å². The molecule has 2 heterocycles. The maximum absolute atomic E-state index is 12.9. The van der Waals surface area contributed by atoms with Crippen LogP contribution in [0.5, 0.6) is 0 Å². The van der Waals surface area contributed by atoms with Crippen molar-refractivity contribution < 1.29 is 14.3 Å². The monoisotopic (exact) mass is 421 g/mol. The van der Waals surface area contributed by atoms with Gasteiger partial charge in [0.15, 0.2) is 0 Å². The third kappa shape index (κ3) is 6.40. The summed E-state index contributed by atoms with van der Waals surface area (Å²) in [4.78, 5) is 28.7. The van der Waals surface area contributed by atoms with Crippen LogP contribution in [0, 0.1) is 0 Å². The van der Waals surface area contributed by atoms with E-state index in [1.165, 1.54) is 0 Å². The zero-order valence-corrected chi connectivity index (χ0v) is 18.0. The Hall–Kier alpha value is -3.68. The fourth-order valence-electron chi connectivity index (χ4n) is 2.86. The van der Waals surface area contributed by atoms with E-state index < -0.39 is 11.7 Å². The number of benzene rings is 1. The van der Waals surface area contributed by atoms with E-state index in [1.807, 2.05) is 57.2 Å². The van der Waals surface area contributed by atoms with Gasteiger partial charge in [-0.15, -0.1) is 0 Å². The van der Waals surface area contributed by atoms with Gasteiger partial charge in [-0.3, -0.25) is 9.78 Å². The minimum Gasteiger partial charge on any atom is -0.444 e. The van der Waals surface area contributed by atoms with Crippen LogP contribution in [0.2, 0.25) is 0 Å². The van der Waals surface area contributed by atoms with Crippen LogP contribution in [0.4, 0.5) is 4.79 Å². The molecule has 0 saturated carbocycles. The standard InChI is InChI=1S/C23H27N5O3/c1-23(2,3)31-22(30)26-14-8-13-25-21(29)19-16-28(18-10-5-4-6-11-18)27-20(19)17-9-7-12-24-15-17/h4-7,9-12,15-16H,8,13-14H2,1-3H3,(H,25,29)(H,26,30). The van der Waals surface area contributed by atoms with Crippen molar-refractivity contribution in [1.82, 2.24) is 25.4 Å². The van der Waals surface area contributed by atoms with Crippen LogP contribution < -0.4 is 10.6 Å². The number of carbonyl (C=O) groups is 2. The van der Waals surface area contributed by atoms with Crippen molar-refractivity contribution in [2.24, 2.45) is 0 Å². The molecule has 0 bridgehead atoms. The van der Waals surface area contributed by atoms with Crippen molar-refractivity contribution in [2.45, 2.75) is 32.8 Å². The first-order valence-corrected chi connectivity index (χ1v) is 10.1. The van der Waals surface area contributed by atoms with E-state index in [0.29, 0.717) is 30.8 Å². The van der Waals surface area contributed by atoms with Crippen molar-refractivity contribution in [2.75, 3.05) is 13.1 Å². The summed E-state index contributed by atoms with van der Waals surface area (Å²) in [6.07, 6.45) is 5.17. The normalized spacial score (nSPS) is 11.1. The molecule has 2 amide bonds. The smallest absolute Gasteiger partial charge is 0.407 e. The molecule has 0 saturated heterocycles. The number of alkyl carbamates (subject to hydrolysis) is 1. The highest BCUT2D eigenvalue weighted by Crippen LogP contribution is 2.23. The first-order chi connectivity index (χ1) is 14.8. The van der Waals surface area contributed by atoms with Gasteiger partial charge in [0.2, 0.25) is 0 Å². The van der Waals surface area contributed by atoms with Gasteiger partial charge in [0, 0.05) is 37.2 Å². The second-order valence-corrected chi connectivity index (χ2v) is 7.95. The number of nitrogens with one attached hydrogen (secondary N) is 2. The molecule has 0 fully saturated rings. The minimum atomic E-state index is -0.542. The predicted molar refractivity (Wildman–Crippen MR) is 118 cm³/mol. The third-order valence-corrected chi connectivity index (χ3v) is 4.22. The van der Waals surface area contributed by atoms with Crippen LogP contribution in [0.15, 0.2) is 61.1 Å². The first kappa shape index (κ1) is 22.0. The molecule has 0 aliphatic rings. The average molecular weight is 422 g/mol. The molecule has 3 rings (SSSR count). The molecule has 0 aliphatic carbocycles. The molecule has 0 radical (unpaired) electrons. The van der Waals surface area contributed by atoms with Gasteiger partial charge in [0.05, 0.1) is 11.3 Å². The van der Waals surface area contributed by atoms with Crippen molar-refractivity contribution in [1.29, 1.82) is 0 Å². The molecule has 1 aromatic carbocycles. The molecule has 0 spiro atoms. The summed E-state index contributed by atoms with van der Waals surface area (Å²) in [5.74, 6) is -0.238. The number of para-hydroxylation sites is 1. The van der Waals surface area contributed by atoms with Gasteiger partial charge in [0.1, 0.15) is 11.3 Å². The number of carbonyl (C=O) groups excluding carboxylic acids is 2. The van der Waals surface area contributed by atoms with Crippen LogP contribution >= 0.6 is 0 Å². The van der Waals surface area contributed by atoms with Crippen molar-refractivity contribution >= 4 is 12.0 Å². The molecule has 0 aliphatic heterocycles. The second kappa shape index (κ2) is 9.88. The second-order valence-electron chi connectivity index (χ2n) is 7.95. The largest absolute Gasteiger partial charge is 0.444 e. The SMILES string of the molecule is CC(C)(C)OC(=O)NCCCNC(=O)c1cn(-c2ccccc2)nc1-c1cccnc1. The minimum absolute atomic E-state index is 0.238. The Labute approximate surface area is 181 Å². The molecule has 162 valence electrons. The van der Waals surface area contributed by atoms with Gasteiger partial charge >= 0.3 is 6.09 Å². The maximum atomic E-state index is 12.9. The highest BCUT2D eigenvalue weighted by atomic mass is 16.6. The summed E-state index contributed by atoms with van der Waals surface area (Å²) in [6, 6.07) is 13.3. The fourth-order valence-corrected chi connectivity index (χ4v) is 2.86. The van der Waals surface area contributed by atoms with Crippen LogP contribution in [0.3, 0.4) is 0 Å². The Morgan fingerprint density at radius 2 is 1.77 bits per heavy atom. The molecule has 0 unspecified atom stereocenters. The molecule has 3 aromatic rings. The van der Waals surface area contributed by atoms with E-state index in [4.69, 9.17) is 4.74 Å². The van der Waals surface area contributed by atoms with Gasteiger partial charge in [0.25, 0.3) is 5.91 Å². The Morgan fingerprint density at radius 1 is 1.03 bits per heavy atom. The number of nitrogens with zero attached hydrogens (tertiary/aromatic N) is 3. The third-order valence-electron chi connectivity index (χ3n) is 4.22. The number of ether oxygens (including phenoxy) is 1. The van der Waals surface area contributed by atoms with E-state index in [-0.39, 0.29) is 5.91 Å². The summed E-state index contributed by atoms with van der Waals surface area (Å²) < 4.78 is 6.87. The number of hydrogen-bond acceptors (Lipinski definition) is 5. The summed E-state index contributed by atoms with van der Waals surface area (Å²) in [6.45, 7) is 6.22. The Kier molecular flexibility index (Phi) is 7.02. The molecular weight excluding hydrogens is 394 g/mol. The van der Waals surface area contributed by atoms with Crippen LogP contribution in [0.1, 0.15) is 37.6 Å². The lowest BCUT2D eigenvalue weighted by Gasteiger charge is -2.19. The fraction of sp³-hybridized carbons (Fsp3) is 0.304. The molecule has 8 nitrogen and oxygen atoms in total. The summed E-state index contributed by atoms with van der Waals surface area (Å²) >= 11 is 0. The van der Waals surface area contributed by atoms with Crippen molar-refractivity contribution in [3.05, 3.63) is 66.6 Å². The van der Waals surface area contributed by atoms with Crippen LogP contribution in [0.25, 0.3) is 16.9 Å². The molecule has 2 N–H and O–H groups in total. The topological polar surface area (TPSA) is 98.1 Å². The number of amides is 2. The zero-order chi connectivity index (χ0) is 22.3. The van der Waals surface area contributed by atoms with Crippen LogP contribution in [-0.4, -0.2) is 45.5 Å². The number of pyridine rings is 1. The van der Waals surface area contributed by atoms with Gasteiger partial charge in [-0.2, -0.15) is 5.10 Å². The van der Waals surface area contributed by atoms with E-state index >= 15 is 0 Å². The Balaban J connectivity index is 1.65. The molecule has 0 atom stereocenters. The summed E-state index contributed by atoms with van der Waals surface area (Å²) in [7, 11) is 0. The lowest BCUT2D eigenvalue weighted by molar-refractivity contribution is 0.0527. The van der Waals surface area contributed by atoms with Gasteiger partial charge < -0.3 is 15.4 Å². The molecule has 31 heavy (non-hydrogen) atoms. The Morgan fingerprint density at radius 3 is 2.45 bits per heavy atom. The quantitative estimate of drug-likeness (QED) is 0.568. The lowest BCUT2D eigenvalue weighted by atomic mass is 10.1. The molecule has 2 aromatic heterocycles. The van der Waals surface area contributed by atoms with Gasteiger partial charge in [-0.05, 0) is 51.5 Å². The number of rotatable bonds is 7. The van der Waals surface area contributed by atoms with Crippen LogP contribution in [-0.2, 0) is 4.74 Å². The average Bonchev–Trinajstić information content (AvgIpc) is 3.19.